The Bertz CT molecular complexity index is 1170. The molecule has 3 rings (SSSR count). The Morgan fingerprint density at radius 1 is 1.18 bits per heavy atom. The molecule has 0 bridgehead atoms. The van der Waals surface area contributed by atoms with E-state index in [4.69, 9.17) is 5.73 Å². The van der Waals surface area contributed by atoms with Crippen LogP contribution in [0.5, 0.6) is 0 Å². The van der Waals surface area contributed by atoms with Gasteiger partial charge in [-0.25, -0.2) is 8.78 Å². The molecule has 1 unspecified atom stereocenters. The number of nitrogens with two attached hydrogens (primary N) is 1. The first-order valence-corrected chi connectivity index (χ1v) is 14.3. The highest BCUT2D eigenvalue weighted by molar-refractivity contribution is 7.09. The Balaban J connectivity index is 2.10. The number of carbonyl (C=O) groups is 2. The number of benzene rings is 1. The van der Waals surface area contributed by atoms with Crippen LogP contribution in [0.15, 0.2) is 59.0 Å². The third-order valence-corrected chi connectivity index (χ3v) is 7.97. The summed E-state index contributed by atoms with van der Waals surface area (Å²) in [4.78, 5) is 29.7. The van der Waals surface area contributed by atoms with Gasteiger partial charge in [0.05, 0.1) is 11.5 Å². The van der Waals surface area contributed by atoms with Crippen LogP contribution in [0.2, 0.25) is 0 Å². The average Bonchev–Trinajstić information content (AvgIpc) is 3.39. The summed E-state index contributed by atoms with van der Waals surface area (Å²) < 4.78 is 28.4. The maximum Gasteiger partial charge on any atom is 0.244 e. The van der Waals surface area contributed by atoms with Crippen LogP contribution in [-0.4, -0.2) is 47.6 Å². The van der Waals surface area contributed by atoms with Gasteiger partial charge in [-0.2, -0.15) is 0 Å². The van der Waals surface area contributed by atoms with Gasteiger partial charge >= 0.3 is 0 Å². The van der Waals surface area contributed by atoms with Crippen LogP contribution in [0.4, 0.5) is 8.78 Å². The molecule has 39 heavy (non-hydrogen) atoms. The van der Waals surface area contributed by atoms with Crippen LogP contribution in [0.3, 0.4) is 0 Å². The molecule has 212 valence electrons. The second-order valence-corrected chi connectivity index (χ2v) is 11.3. The Labute approximate surface area is 233 Å². The zero-order chi connectivity index (χ0) is 28.6. The van der Waals surface area contributed by atoms with E-state index in [2.05, 4.69) is 5.32 Å². The van der Waals surface area contributed by atoms with E-state index in [-0.39, 0.29) is 30.9 Å². The lowest BCUT2D eigenvalue weighted by Gasteiger charge is -2.45. The molecule has 3 atom stereocenters. The fraction of sp³-hybridized carbons (Fsp3) is 0.467. The van der Waals surface area contributed by atoms with Crippen LogP contribution in [0.1, 0.15) is 50.5 Å². The molecule has 0 saturated heterocycles. The summed E-state index contributed by atoms with van der Waals surface area (Å²) in [5, 5.41) is 16.9. The van der Waals surface area contributed by atoms with Gasteiger partial charge in [0.15, 0.2) is 0 Å². The number of rotatable bonds is 14. The molecular formula is C30H39F2N3O3S. The van der Waals surface area contributed by atoms with Gasteiger partial charge in [-0.05, 0) is 61.7 Å². The first-order valence-electron chi connectivity index (χ1n) is 13.4. The van der Waals surface area contributed by atoms with Crippen LogP contribution >= 0.6 is 11.3 Å². The summed E-state index contributed by atoms with van der Waals surface area (Å²) in [5.74, 6) is -3.15. The summed E-state index contributed by atoms with van der Waals surface area (Å²) in [6.45, 7) is 7.42. The lowest BCUT2D eigenvalue weighted by molar-refractivity contribution is -0.145. The predicted octanol–water partition coefficient (Wildman–Crippen LogP) is 4.73. The molecule has 1 aromatic heterocycles. The average molecular weight is 560 g/mol. The quantitative estimate of drug-likeness (QED) is 0.312. The second-order valence-electron chi connectivity index (χ2n) is 10.3. The summed E-state index contributed by atoms with van der Waals surface area (Å²) >= 11 is 1.58. The largest absolute Gasteiger partial charge is 0.391 e. The number of aliphatic hydroxyl groups excluding tert-OH is 1. The number of hydrogen-bond donors (Lipinski definition) is 3. The number of nitrogens with one attached hydrogen (secondary N) is 1. The normalized spacial score (nSPS) is 18.7. The SMILES string of the molecule is CCCN(CCC)C(=O)C1([C@H](Cc2cc(F)cc(F)c2)[C@@H](O)CNCc2cccs2)C=C(C)C=C(C(N)=O)C1. The topological polar surface area (TPSA) is 95.7 Å². The maximum absolute atomic E-state index is 14.5. The molecular weight excluding hydrogens is 520 g/mol. The first-order chi connectivity index (χ1) is 18.6. The molecule has 0 spiro atoms. The van der Waals surface area contributed by atoms with Crippen molar-refractivity contribution in [3.8, 4) is 0 Å². The molecule has 0 saturated carbocycles. The number of primary amides is 1. The predicted molar refractivity (Wildman–Crippen MR) is 151 cm³/mol. The van der Waals surface area contributed by atoms with Gasteiger partial charge in [0.1, 0.15) is 11.6 Å². The first kappa shape index (κ1) is 30.7. The van der Waals surface area contributed by atoms with E-state index in [9.17, 15) is 23.5 Å². The minimum absolute atomic E-state index is 0.00706. The van der Waals surface area contributed by atoms with Crippen LogP contribution in [0.25, 0.3) is 0 Å². The van der Waals surface area contributed by atoms with Gasteiger partial charge in [0.25, 0.3) is 0 Å². The summed E-state index contributed by atoms with van der Waals surface area (Å²) in [6.07, 6.45) is 3.86. The Morgan fingerprint density at radius 3 is 2.41 bits per heavy atom. The van der Waals surface area contributed by atoms with E-state index in [0.717, 1.165) is 23.8 Å². The third kappa shape index (κ3) is 7.84. The third-order valence-electron chi connectivity index (χ3n) is 7.10. The summed E-state index contributed by atoms with van der Waals surface area (Å²) in [6, 6.07) is 7.16. The Hall–Kier alpha value is -2.88. The van der Waals surface area contributed by atoms with E-state index >= 15 is 0 Å². The molecule has 2 amide bonds. The number of aliphatic hydroxyl groups is 1. The zero-order valence-corrected chi connectivity index (χ0v) is 23.7. The van der Waals surface area contributed by atoms with Gasteiger partial charge < -0.3 is 21.1 Å². The van der Waals surface area contributed by atoms with Crippen molar-refractivity contribution >= 4 is 23.2 Å². The maximum atomic E-state index is 14.5. The standard InChI is InChI=1S/C30H39F2N3O3S/c1-4-8-35(9-5-2)29(38)30(16-20(3)11-22(17-30)28(33)37)26(14-21-12-23(31)15-24(32)13-21)27(36)19-34-18-25-7-6-10-39-25/h6-7,10-13,15-16,26-27,34,36H,4-5,8-9,14,17-19H2,1-3H3,(H2,33,37)/t26-,27+,30?/m1/s1. The van der Waals surface area contributed by atoms with E-state index in [0.29, 0.717) is 30.8 Å². The second kappa shape index (κ2) is 14.0. The lowest BCUT2D eigenvalue weighted by atomic mass is 9.63. The van der Waals surface area contributed by atoms with Gasteiger partial charge in [0.2, 0.25) is 11.8 Å². The fourth-order valence-corrected chi connectivity index (χ4v) is 6.20. The van der Waals surface area contributed by atoms with E-state index in [1.807, 2.05) is 37.4 Å². The summed E-state index contributed by atoms with van der Waals surface area (Å²) in [7, 11) is 0. The van der Waals surface area contributed by atoms with Crippen LogP contribution in [0, 0.1) is 23.0 Å². The summed E-state index contributed by atoms with van der Waals surface area (Å²) in [5.41, 5.74) is 5.64. The van der Waals surface area contributed by atoms with Crippen molar-refractivity contribution in [1.29, 1.82) is 0 Å². The number of halogens is 2. The highest BCUT2D eigenvalue weighted by Gasteiger charge is 2.50. The Morgan fingerprint density at radius 2 is 1.85 bits per heavy atom. The fourth-order valence-electron chi connectivity index (χ4n) is 5.52. The van der Waals surface area contributed by atoms with Gasteiger partial charge in [-0.3, -0.25) is 9.59 Å². The number of nitrogens with zero attached hydrogens (tertiary/aromatic N) is 1. The van der Waals surface area contributed by atoms with Crippen molar-refractivity contribution in [3.05, 3.63) is 81.1 Å². The van der Waals surface area contributed by atoms with Gasteiger partial charge in [0, 0.05) is 48.6 Å². The van der Waals surface area contributed by atoms with Crippen molar-refractivity contribution in [2.24, 2.45) is 17.1 Å². The number of amides is 2. The monoisotopic (exact) mass is 559 g/mol. The molecule has 6 nitrogen and oxygen atoms in total. The van der Waals surface area contributed by atoms with Crippen LogP contribution < -0.4 is 11.1 Å². The van der Waals surface area contributed by atoms with Crippen molar-refractivity contribution in [3.63, 3.8) is 0 Å². The highest BCUT2D eigenvalue weighted by Crippen LogP contribution is 2.45. The smallest absolute Gasteiger partial charge is 0.244 e. The van der Waals surface area contributed by atoms with E-state index in [1.165, 1.54) is 12.1 Å². The molecule has 0 fully saturated rings. The van der Waals surface area contributed by atoms with E-state index < -0.39 is 35.0 Å². The van der Waals surface area contributed by atoms with E-state index in [1.54, 1.807) is 29.2 Å². The zero-order valence-electron chi connectivity index (χ0n) is 22.9. The minimum Gasteiger partial charge on any atom is -0.391 e. The number of hydrogen-bond acceptors (Lipinski definition) is 5. The molecule has 1 aliphatic rings. The number of carbonyl (C=O) groups excluding carboxylic acids is 2. The minimum atomic E-state index is -1.35. The molecule has 0 aliphatic heterocycles. The molecule has 4 N–H and O–H groups in total. The number of thiophene rings is 1. The molecule has 2 aromatic rings. The van der Waals surface area contributed by atoms with Crippen LogP contribution in [-0.2, 0) is 22.6 Å². The molecule has 0 radical (unpaired) electrons. The highest BCUT2D eigenvalue weighted by atomic mass is 32.1. The molecule has 1 heterocycles. The number of allylic oxidation sites excluding steroid dienone is 2. The van der Waals surface area contributed by atoms with Gasteiger partial charge in [-0.1, -0.05) is 37.6 Å². The Kier molecular flexibility index (Phi) is 11.0. The molecule has 1 aromatic carbocycles. The molecule has 9 heteroatoms. The van der Waals surface area contributed by atoms with Crippen molar-refractivity contribution in [1.82, 2.24) is 10.2 Å². The van der Waals surface area contributed by atoms with Crippen molar-refractivity contribution in [2.75, 3.05) is 19.6 Å². The van der Waals surface area contributed by atoms with Crippen molar-refractivity contribution < 1.29 is 23.5 Å². The van der Waals surface area contributed by atoms with Gasteiger partial charge in [-0.15, -0.1) is 11.3 Å². The van der Waals surface area contributed by atoms with Crippen molar-refractivity contribution in [2.45, 2.75) is 59.1 Å². The molecule has 1 aliphatic carbocycles. The lowest BCUT2D eigenvalue weighted by Crippen LogP contribution is -2.54.